The third-order valence-corrected chi connectivity index (χ3v) is 5.31. The molecule has 1 aromatic heterocycles. The SMILES string of the molecule is C[C@H](Nc1ccc(S(=O)(=O)N2CCCCC2)cn1)C(=O)O. The molecule has 0 aliphatic carbocycles. The lowest BCUT2D eigenvalue weighted by molar-refractivity contribution is -0.137. The first-order valence-corrected chi connectivity index (χ1v) is 8.31. The van der Waals surface area contributed by atoms with Crippen molar-refractivity contribution < 1.29 is 18.3 Å². The van der Waals surface area contributed by atoms with E-state index in [4.69, 9.17) is 5.11 Å². The number of carbonyl (C=O) groups is 1. The maximum atomic E-state index is 12.4. The summed E-state index contributed by atoms with van der Waals surface area (Å²) in [5, 5.41) is 11.5. The molecule has 1 aliphatic heterocycles. The van der Waals surface area contributed by atoms with Crippen molar-refractivity contribution in [3.8, 4) is 0 Å². The van der Waals surface area contributed by atoms with E-state index in [1.165, 1.54) is 29.6 Å². The molecule has 1 aromatic rings. The summed E-state index contributed by atoms with van der Waals surface area (Å²) in [5.74, 6) is -0.663. The first-order valence-electron chi connectivity index (χ1n) is 6.87. The van der Waals surface area contributed by atoms with Crippen LogP contribution in [0.5, 0.6) is 0 Å². The van der Waals surface area contributed by atoms with E-state index in [0.717, 1.165) is 19.3 Å². The minimum absolute atomic E-state index is 0.137. The number of carboxylic acid groups (broad SMARTS) is 1. The first kappa shape index (κ1) is 15.7. The number of hydrogen-bond acceptors (Lipinski definition) is 5. The number of sulfonamides is 1. The summed E-state index contributed by atoms with van der Waals surface area (Å²) in [4.78, 5) is 14.9. The van der Waals surface area contributed by atoms with Crippen LogP contribution in [0.1, 0.15) is 26.2 Å². The summed E-state index contributed by atoms with van der Waals surface area (Å²) in [7, 11) is -3.50. The Hall–Kier alpha value is -1.67. The fraction of sp³-hybridized carbons (Fsp3) is 0.538. The zero-order chi connectivity index (χ0) is 15.5. The highest BCUT2D eigenvalue weighted by atomic mass is 32.2. The van der Waals surface area contributed by atoms with Crippen LogP contribution in [0, 0.1) is 0 Å². The lowest BCUT2D eigenvalue weighted by Gasteiger charge is -2.25. The number of aliphatic carboxylic acids is 1. The fourth-order valence-corrected chi connectivity index (χ4v) is 3.62. The van der Waals surface area contributed by atoms with E-state index in [-0.39, 0.29) is 4.90 Å². The van der Waals surface area contributed by atoms with Gasteiger partial charge in [-0.05, 0) is 31.9 Å². The molecule has 2 N–H and O–H groups in total. The van der Waals surface area contributed by atoms with Gasteiger partial charge in [0, 0.05) is 19.3 Å². The van der Waals surface area contributed by atoms with E-state index in [0.29, 0.717) is 18.9 Å². The summed E-state index contributed by atoms with van der Waals surface area (Å²) in [5.41, 5.74) is 0. The Kier molecular flexibility index (Phi) is 4.79. The monoisotopic (exact) mass is 313 g/mol. The summed E-state index contributed by atoms with van der Waals surface area (Å²) in [6.07, 6.45) is 4.08. The van der Waals surface area contributed by atoms with E-state index < -0.39 is 22.0 Å². The van der Waals surface area contributed by atoms with Crippen molar-refractivity contribution in [3.05, 3.63) is 18.3 Å². The molecule has 0 amide bonds. The van der Waals surface area contributed by atoms with E-state index in [9.17, 15) is 13.2 Å². The van der Waals surface area contributed by atoms with Gasteiger partial charge in [-0.1, -0.05) is 6.42 Å². The van der Waals surface area contributed by atoms with Crippen LogP contribution in [0.15, 0.2) is 23.2 Å². The summed E-state index contributed by atoms with van der Waals surface area (Å²) in [6, 6.07) is 2.14. The van der Waals surface area contributed by atoms with Crippen LogP contribution in [0.4, 0.5) is 5.82 Å². The van der Waals surface area contributed by atoms with Crippen LogP contribution >= 0.6 is 0 Å². The molecule has 0 unspecified atom stereocenters. The predicted molar refractivity (Wildman–Crippen MR) is 77.6 cm³/mol. The van der Waals surface area contributed by atoms with Gasteiger partial charge in [0.2, 0.25) is 10.0 Å². The Morgan fingerprint density at radius 1 is 1.33 bits per heavy atom. The Balaban J connectivity index is 2.12. The van der Waals surface area contributed by atoms with Crippen LogP contribution in [0.3, 0.4) is 0 Å². The number of anilines is 1. The third kappa shape index (κ3) is 3.70. The molecule has 1 fully saturated rings. The van der Waals surface area contributed by atoms with Gasteiger partial charge in [0.05, 0.1) is 0 Å². The van der Waals surface area contributed by atoms with Gasteiger partial charge in [0.1, 0.15) is 16.8 Å². The zero-order valence-corrected chi connectivity index (χ0v) is 12.6. The second-order valence-corrected chi connectivity index (χ2v) is 6.99. The van der Waals surface area contributed by atoms with Crippen LogP contribution in [0.2, 0.25) is 0 Å². The van der Waals surface area contributed by atoms with Crippen molar-refractivity contribution in [3.63, 3.8) is 0 Å². The molecule has 8 heteroatoms. The molecule has 0 spiro atoms. The molecule has 0 radical (unpaired) electrons. The highest BCUT2D eigenvalue weighted by Crippen LogP contribution is 2.20. The van der Waals surface area contributed by atoms with Gasteiger partial charge in [0.15, 0.2) is 0 Å². The second-order valence-electron chi connectivity index (χ2n) is 5.05. The number of nitrogens with zero attached hydrogens (tertiary/aromatic N) is 2. The molecule has 1 atom stereocenters. The standard InChI is InChI=1S/C13H19N3O4S/c1-10(13(17)18)15-12-6-5-11(9-14-12)21(19,20)16-7-3-2-4-8-16/h5-6,9-10H,2-4,7-8H2,1H3,(H,14,15)(H,17,18)/t10-/m0/s1. The molecule has 0 aromatic carbocycles. The number of pyridine rings is 1. The lowest BCUT2D eigenvalue weighted by atomic mass is 10.2. The third-order valence-electron chi connectivity index (χ3n) is 3.42. The normalized spacial score (nSPS) is 18.1. The van der Waals surface area contributed by atoms with Gasteiger partial charge in [0.25, 0.3) is 0 Å². The molecule has 2 heterocycles. The molecule has 1 saturated heterocycles. The fourth-order valence-electron chi connectivity index (χ4n) is 2.16. The number of aromatic nitrogens is 1. The van der Waals surface area contributed by atoms with Crippen LogP contribution < -0.4 is 5.32 Å². The molecule has 21 heavy (non-hydrogen) atoms. The van der Waals surface area contributed by atoms with Gasteiger partial charge in [-0.3, -0.25) is 4.79 Å². The smallest absolute Gasteiger partial charge is 0.325 e. The average Bonchev–Trinajstić information content (AvgIpc) is 2.48. The minimum atomic E-state index is -3.50. The number of nitrogens with one attached hydrogen (secondary N) is 1. The molecular weight excluding hydrogens is 294 g/mol. The van der Waals surface area contributed by atoms with E-state index in [1.807, 2.05) is 0 Å². The number of rotatable bonds is 5. The van der Waals surface area contributed by atoms with Crippen molar-refractivity contribution in [2.24, 2.45) is 0 Å². The van der Waals surface area contributed by atoms with Crippen LogP contribution in [-0.4, -0.2) is 47.9 Å². The topological polar surface area (TPSA) is 99.6 Å². The Bertz CT molecular complexity index is 594. The van der Waals surface area contributed by atoms with Crippen molar-refractivity contribution >= 4 is 21.8 Å². The van der Waals surface area contributed by atoms with Crippen LogP contribution in [0.25, 0.3) is 0 Å². The lowest BCUT2D eigenvalue weighted by Crippen LogP contribution is -2.35. The van der Waals surface area contributed by atoms with Gasteiger partial charge >= 0.3 is 5.97 Å². The average molecular weight is 313 g/mol. The Morgan fingerprint density at radius 2 is 2.00 bits per heavy atom. The highest BCUT2D eigenvalue weighted by Gasteiger charge is 2.26. The largest absolute Gasteiger partial charge is 0.480 e. The van der Waals surface area contributed by atoms with Crippen LogP contribution in [-0.2, 0) is 14.8 Å². The molecule has 7 nitrogen and oxygen atoms in total. The number of hydrogen-bond donors (Lipinski definition) is 2. The molecule has 0 bridgehead atoms. The molecule has 1 aliphatic rings. The maximum Gasteiger partial charge on any atom is 0.325 e. The van der Waals surface area contributed by atoms with Gasteiger partial charge in [-0.2, -0.15) is 4.31 Å². The zero-order valence-electron chi connectivity index (χ0n) is 11.8. The molecule has 2 rings (SSSR count). The van der Waals surface area contributed by atoms with E-state index in [1.54, 1.807) is 0 Å². The van der Waals surface area contributed by atoms with Gasteiger partial charge in [-0.15, -0.1) is 0 Å². The maximum absolute atomic E-state index is 12.4. The summed E-state index contributed by atoms with van der Waals surface area (Å²) in [6.45, 7) is 2.57. The first-order chi connectivity index (χ1) is 9.91. The van der Waals surface area contributed by atoms with Crippen molar-refractivity contribution in [1.29, 1.82) is 0 Å². The Labute approximate surface area is 124 Å². The number of piperidine rings is 1. The van der Waals surface area contributed by atoms with Crippen molar-refractivity contribution in [2.75, 3.05) is 18.4 Å². The summed E-state index contributed by atoms with van der Waals surface area (Å²) >= 11 is 0. The van der Waals surface area contributed by atoms with Crippen molar-refractivity contribution in [2.45, 2.75) is 37.1 Å². The Morgan fingerprint density at radius 3 is 2.52 bits per heavy atom. The van der Waals surface area contributed by atoms with Gasteiger partial charge < -0.3 is 10.4 Å². The molecule has 0 saturated carbocycles. The van der Waals surface area contributed by atoms with E-state index >= 15 is 0 Å². The highest BCUT2D eigenvalue weighted by molar-refractivity contribution is 7.89. The quantitative estimate of drug-likeness (QED) is 0.845. The van der Waals surface area contributed by atoms with Crippen molar-refractivity contribution in [1.82, 2.24) is 9.29 Å². The summed E-state index contributed by atoms with van der Waals surface area (Å²) < 4.78 is 26.3. The second kappa shape index (κ2) is 6.40. The predicted octanol–water partition coefficient (Wildman–Crippen LogP) is 1.14. The molecule has 116 valence electrons. The minimum Gasteiger partial charge on any atom is -0.480 e. The van der Waals surface area contributed by atoms with Gasteiger partial charge in [-0.25, -0.2) is 13.4 Å². The number of carboxylic acids is 1. The van der Waals surface area contributed by atoms with E-state index in [2.05, 4.69) is 10.3 Å². The molecular formula is C13H19N3O4S.